The summed E-state index contributed by atoms with van der Waals surface area (Å²) in [5.74, 6) is 0.203. The number of carbonyl (C=O) groups is 1. The number of carboxylic acid groups (broad SMARTS) is 1. The van der Waals surface area contributed by atoms with Crippen molar-refractivity contribution in [3.63, 3.8) is 0 Å². The highest BCUT2D eigenvalue weighted by Crippen LogP contribution is 2.45. The first-order valence-electron chi connectivity index (χ1n) is 9.91. The van der Waals surface area contributed by atoms with Crippen molar-refractivity contribution in [1.82, 2.24) is 0 Å². The van der Waals surface area contributed by atoms with Crippen molar-refractivity contribution in [2.75, 3.05) is 0 Å². The van der Waals surface area contributed by atoms with Crippen LogP contribution in [-0.2, 0) is 11.0 Å². The molecule has 3 aromatic carbocycles. The summed E-state index contributed by atoms with van der Waals surface area (Å²) in [6, 6.07) is 20.1. The second-order valence-corrected chi connectivity index (χ2v) is 7.48. The average Bonchev–Trinajstić information content (AvgIpc) is 2.99. The third kappa shape index (κ3) is 4.44. The predicted molar refractivity (Wildman–Crippen MR) is 117 cm³/mol. The third-order valence-electron chi connectivity index (χ3n) is 5.29. The summed E-state index contributed by atoms with van der Waals surface area (Å²) in [6.45, 7) is 1.74. The average molecular weight is 436 g/mol. The van der Waals surface area contributed by atoms with Gasteiger partial charge in [-0.3, -0.25) is 4.79 Å². The van der Waals surface area contributed by atoms with Crippen molar-refractivity contribution >= 4 is 23.2 Å². The molecule has 0 heterocycles. The first-order chi connectivity index (χ1) is 15.2. The number of benzene rings is 3. The number of para-hydroxylation sites is 1. The molecule has 0 saturated carbocycles. The zero-order valence-electron chi connectivity index (χ0n) is 17.1. The van der Waals surface area contributed by atoms with E-state index in [9.17, 15) is 23.1 Å². The largest absolute Gasteiger partial charge is 0.481 e. The van der Waals surface area contributed by atoms with Gasteiger partial charge in [0.2, 0.25) is 0 Å². The lowest BCUT2D eigenvalue weighted by molar-refractivity contribution is -0.137. The van der Waals surface area contributed by atoms with Gasteiger partial charge in [-0.2, -0.15) is 13.2 Å². The van der Waals surface area contributed by atoms with Crippen LogP contribution < -0.4 is 4.74 Å². The Labute approximate surface area is 183 Å². The fourth-order valence-corrected chi connectivity index (χ4v) is 3.80. The van der Waals surface area contributed by atoms with E-state index in [1.165, 1.54) is 6.07 Å². The molecular formula is C26H19F3O3. The van der Waals surface area contributed by atoms with Crippen molar-refractivity contribution in [1.29, 1.82) is 0 Å². The Morgan fingerprint density at radius 1 is 0.938 bits per heavy atom. The molecule has 4 rings (SSSR count). The van der Waals surface area contributed by atoms with Crippen LogP contribution in [0.5, 0.6) is 11.5 Å². The zero-order chi connectivity index (χ0) is 22.9. The number of aliphatic carboxylic acids is 1. The molecule has 0 bridgehead atoms. The minimum atomic E-state index is -4.51. The van der Waals surface area contributed by atoms with E-state index in [4.69, 9.17) is 4.74 Å². The number of allylic oxidation sites excluding steroid dienone is 2. The molecule has 32 heavy (non-hydrogen) atoms. The maximum atomic E-state index is 13.2. The number of alkyl halides is 3. The van der Waals surface area contributed by atoms with Gasteiger partial charge in [0.1, 0.15) is 11.5 Å². The van der Waals surface area contributed by atoms with Crippen molar-refractivity contribution < 1.29 is 27.8 Å². The molecule has 3 aromatic rings. The molecule has 0 atom stereocenters. The SMILES string of the molecule is CC1=C(CC(=O)O)c2cc(C(F)(F)F)ccc2/C1=C\c1cccc(Oc2ccccc2)c1. The summed E-state index contributed by atoms with van der Waals surface area (Å²) in [5, 5.41) is 9.31. The quantitative estimate of drug-likeness (QED) is 0.456. The molecule has 0 spiro atoms. The van der Waals surface area contributed by atoms with Crippen molar-refractivity contribution in [2.45, 2.75) is 19.5 Å². The summed E-state index contributed by atoms with van der Waals surface area (Å²) in [4.78, 5) is 11.4. The van der Waals surface area contributed by atoms with Gasteiger partial charge in [-0.1, -0.05) is 36.4 Å². The second-order valence-electron chi connectivity index (χ2n) is 7.48. The van der Waals surface area contributed by atoms with E-state index in [0.717, 1.165) is 17.7 Å². The molecule has 3 nitrogen and oxygen atoms in total. The van der Waals surface area contributed by atoms with Crippen LogP contribution in [0.15, 0.2) is 78.4 Å². The monoisotopic (exact) mass is 436 g/mol. The lowest BCUT2D eigenvalue weighted by Crippen LogP contribution is -2.06. The van der Waals surface area contributed by atoms with Gasteiger partial charge in [0.05, 0.1) is 12.0 Å². The van der Waals surface area contributed by atoms with E-state index in [-0.39, 0.29) is 6.42 Å². The first-order valence-corrected chi connectivity index (χ1v) is 9.91. The van der Waals surface area contributed by atoms with Gasteiger partial charge >= 0.3 is 12.1 Å². The summed E-state index contributed by atoms with van der Waals surface area (Å²) in [6.07, 6.45) is -3.02. The molecule has 162 valence electrons. The molecule has 1 aliphatic rings. The van der Waals surface area contributed by atoms with Crippen LogP contribution in [0.25, 0.3) is 17.2 Å². The summed E-state index contributed by atoms with van der Waals surface area (Å²) in [5.41, 5.74) is 2.62. The lowest BCUT2D eigenvalue weighted by atomic mass is 9.98. The van der Waals surface area contributed by atoms with Crippen molar-refractivity contribution in [3.8, 4) is 11.5 Å². The Balaban J connectivity index is 1.76. The number of hydrogen-bond donors (Lipinski definition) is 1. The fourth-order valence-electron chi connectivity index (χ4n) is 3.80. The van der Waals surface area contributed by atoms with Crippen LogP contribution >= 0.6 is 0 Å². The number of halogens is 3. The molecule has 1 aliphatic carbocycles. The van der Waals surface area contributed by atoms with Crippen LogP contribution in [-0.4, -0.2) is 11.1 Å². The Bertz CT molecular complexity index is 1240. The number of fused-ring (bicyclic) bond motifs is 1. The number of hydrogen-bond acceptors (Lipinski definition) is 2. The third-order valence-corrected chi connectivity index (χ3v) is 5.29. The second kappa shape index (κ2) is 8.38. The molecule has 1 N–H and O–H groups in total. The molecule has 0 unspecified atom stereocenters. The Morgan fingerprint density at radius 3 is 2.34 bits per heavy atom. The summed E-state index contributed by atoms with van der Waals surface area (Å²) >= 11 is 0. The molecule has 0 saturated heterocycles. The normalized spacial score (nSPS) is 14.6. The Morgan fingerprint density at radius 2 is 1.66 bits per heavy atom. The van der Waals surface area contributed by atoms with Gasteiger partial charge in [0, 0.05) is 0 Å². The van der Waals surface area contributed by atoms with Crippen LogP contribution in [0.4, 0.5) is 13.2 Å². The Hall–Kier alpha value is -3.80. The molecular weight excluding hydrogens is 417 g/mol. The molecule has 0 aliphatic heterocycles. The van der Waals surface area contributed by atoms with Gasteiger partial charge in [-0.25, -0.2) is 0 Å². The van der Waals surface area contributed by atoms with Gasteiger partial charge in [-0.15, -0.1) is 0 Å². The standard InChI is InChI=1S/C26H19F3O3/c1-16-22(13-17-6-5-9-20(12-17)32-19-7-3-2-4-8-19)21-11-10-18(26(27,28)29)14-24(21)23(16)15-25(30)31/h2-14H,15H2,1H3,(H,30,31)/b22-13-. The highest BCUT2D eigenvalue weighted by atomic mass is 19.4. The van der Waals surface area contributed by atoms with Crippen LogP contribution in [0.3, 0.4) is 0 Å². The van der Waals surface area contributed by atoms with E-state index in [1.54, 1.807) is 6.92 Å². The zero-order valence-corrected chi connectivity index (χ0v) is 17.1. The molecule has 0 radical (unpaired) electrons. The number of carboxylic acids is 1. The first kappa shape index (κ1) is 21.4. The maximum absolute atomic E-state index is 13.2. The topological polar surface area (TPSA) is 46.5 Å². The number of ether oxygens (including phenoxy) is 1. The Kier molecular flexibility index (Phi) is 5.61. The molecule has 0 aromatic heterocycles. The van der Waals surface area contributed by atoms with Gasteiger partial charge in [-0.05, 0) is 82.8 Å². The van der Waals surface area contributed by atoms with Crippen molar-refractivity contribution in [3.05, 3.63) is 101 Å². The van der Waals surface area contributed by atoms with Crippen LogP contribution in [0.2, 0.25) is 0 Å². The maximum Gasteiger partial charge on any atom is 0.416 e. The van der Waals surface area contributed by atoms with Crippen molar-refractivity contribution in [2.24, 2.45) is 0 Å². The van der Waals surface area contributed by atoms with Gasteiger partial charge < -0.3 is 9.84 Å². The van der Waals surface area contributed by atoms with Gasteiger partial charge in [0.25, 0.3) is 0 Å². The minimum Gasteiger partial charge on any atom is -0.481 e. The van der Waals surface area contributed by atoms with Crippen LogP contribution in [0, 0.1) is 0 Å². The lowest BCUT2D eigenvalue weighted by Gasteiger charge is -2.11. The predicted octanol–water partition coefficient (Wildman–Crippen LogP) is 7.30. The summed E-state index contributed by atoms with van der Waals surface area (Å²) < 4.78 is 45.6. The van der Waals surface area contributed by atoms with E-state index in [0.29, 0.717) is 39.3 Å². The van der Waals surface area contributed by atoms with Crippen LogP contribution in [0.1, 0.15) is 35.6 Å². The fraction of sp³-hybridized carbons (Fsp3) is 0.115. The molecule has 6 heteroatoms. The minimum absolute atomic E-state index is 0.308. The van der Waals surface area contributed by atoms with E-state index < -0.39 is 17.7 Å². The highest BCUT2D eigenvalue weighted by Gasteiger charge is 2.33. The smallest absolute Gasteiger partial charge is 0.416 e. The summed E-state index contributed by atoms with van der Waals surface area (Å²) in [7, 11) is 0. The molecule has 0 fully saturated rings. The highest BCUT2D eigenvalue weighted by molar-refractivity contribution is 6.07. The number of rotatable bonds is 5. The van der Waals surface area contributed by atoms with E-state index >= 15 is 0 Å². The van der Waals surface area contributed by atoms with E-state index in [2.05, 4.69) is 0 Å². The molecule has 0 amide bonds. The van der Waals surface area contributed by atoms with Gasteiger partial charge in [0.15, 0.2) is 0 Å². The van der Waals surface area contributed by atoms with E-state index in [1.807, 2.05) is 60.7 Å².